The molecule has 19 heavy (non-hydrogen) atoms. The highest BCUT2D eigenvalue weighted by atomic mass is 16.4. The second-order valence-corrected chi connectivity index (χ2v) is 4.79. The fraction of sp³-hybridized carbons (Fsp3) is 0.188. The summed E-state index contributed by atoms with van der Waals surface area (Å²) in [7, 11) is 0. The van der Waals surface area contributed by atoms with Crippen molar-refractivity contribution < 1.29 is 9.90 Å². The molecule has 0 saturated carbocycles. The van der Waals surface area contributed by atoms with Crippen molar-refractivity contribution in [2.24, 2.45) is 0 Å². The quantitative estimate of drug-likeness (QED) is 0.884. The van der Waals surface area contributed by atoms with Crippen LogP contribution < -0.4 is 5.32 Å². The van der Waals surface area contributed by atoms with E-state index in [4.69, 9.17) is 5.11 Å². The molecule has 96 valence electrons. The maximum Gasteiger partial charge on any atom is 0.307 e. The number of carbonyl (C=O) groups is 1. The molecule has 1 heterocycles. The zero-order valence-corrected chi connectivity index (χ0v) is 10.5. The molecule has 3 rings (SSSR count). The molecule has 0 fully saturated rings. The molecule has 1 atom stereocenters. The third-order valence-corrected chi connectivity index (χ3v) is 3.61. The van der Waals surface area contributed by atoms with Crippen LogP contribution in [0.3, 0.4) is 0 Å². The summed E-state index contributed by atoms with van der Waals surface area (Å²) < 4.78 is 0. The Hall–Kier alpha value is -2.29. The van der Waals surface area contributed by atoms with E-state index in [-0.39, 0.29) is 12.3 Å². The van der Waals surface area contributed by atoms with E-state index in [1.165, 1.54) is 5.56 Å². The van der Waals surface area contributed by atoms with Crippen molar-refractivity contribution in [3.8, 4) is 0 Å². The van der Waals surface area contributed by atoms with Gasteiger partial charge in [-0.05, 0) is 22.8 Å². The smallest absolute Gasteiger partial charge is 0.307 e. The van der Waals surface area contributed by atoms with Crippen molar-refractivity contribution >= 4 is 11.7 Å². The van der Waals surface area contributed by atoms with Gasteiger partial charge in [0.15, 0.2) is 0 Å². The summed E-state index contributed by atoms with van der Waals surface area (Å²) in [6, 6.07) is 16.0. The van der Waals surface area contributed by atoms with Crippen LogP contribution >= 0.6 is 0 Å². The second-order valence-electron chi connectivity index (χ2n) is 4.79. The Kier molecular flexibility index (Phi) is 2.95. The predicted molar refractivity (Wildman–Crippen MR) is 74.6 cm³/mol. The van der Waals surface area contributed by atoms with Gasteiger partial charge in [0, 0.05) is 18.2 Å². The molecule has 1 aliphatic rings. The third kappa shape index (κ3) is 2.19. The van der Waals surface area contributed by atoms with E-state index in [1.807, 2.05) is 36.4 Å². The summed E-state index contributed by atoms with van der Waals surface area (Å²) in [4.78, 5) is 11.0. The van der Waals surface area contributed by atoms with Gasteiger partial charge in [0.05, 0.1) is 6.42 Å². The van der Waals surface area contributed by atoms with Gasteiger partial charge in [-0.3, -0.25) is 4.79 Å². The number of fused-ring (bicyclic) bond motifs is 1. The number of nitrogens with one attached hydrogen (secondary N) is 1. The first-order valence-corrected chi connectivity index (χ1v) is 6.38. The van der Waals surface area contributed by atoms with E-state index in [1.54, 1.807) is 0 Å². The lowest BCUT2D eigenvalue weighted by atomic mass is 9.88. The van der Waals surface area contributed by atoms with Crippen molar-refractivity contribution in [3.63, 3.8) is 0 Å². The number of aliphatic carboxylic acids is 1. The molecule has 1 aliphatic heterocycles. The average molecular weight is 253 g/mol. The van der Waals surface area contributed by atoms with E-state index in [0.29, 0.717) is 0 Å². The van der Waals surface area contributed by atoms with Crippen LogP contribution in [-0.2, 0) is 11.2 Å². The van der Waals surface area contributed by atoms with Crippen molar-refractivity contribution in [2.75, 3.05) is 11.9 Å². The predicted octanol–water partition coefficient (Wildman–Crippen LogP) is 2.87. The first kappa shape index (κ1) is 11.8. The molecule has 0 bridgehead atoms. The molecule has 2 N–H and O–H groups in total. The zero-order chi connectivity index (χ0) is 13.2. The summed E-state index contributed by atoms with van der Waals surface area (Å²) in [6.07, 6.45) is 0.0782. The largest absolute Gasteiger partial charge is 0.481 e. The third-order valence-electron chi connectivity index (χ3n) is 3.61. The fourth-order valence-corrected chi connectivity index (χ4v) is 2.76. The Bertz CT molecular complexity index is 622. The van der Waals surface area contributed by atoms with Crippen LogP contribution in [0.5, 0.6) is 0 Å². The van der Waals surface area contributed by atoms with E-state index < -0.39 is 5.97 Å². The van der Waals surface area contributed by atoms with Gasteiger partial charge in [0.2, 0.25) is 0 Å². The average Bonchev–Trinajstić information content (AvgIpc) is 2.82. The first-order valence-electron chi connectivity index (χ1n) is 6.38. The first-order chi connectivity index (χ1) is 9.25. The molecule has 0 saturated heterocycles. The summed E-state index contributed by atoms with van der Waals surface area (Å²) >= 11 is 0. The summed E-state index contributed by atoms with van der Waals surface area (Å²) in [5.74, 6) is -0.543. The number of hydrogen-bond acceptors (Lipinski definition) is 2. The van der Waals surface area contributed by atoms with Gasteiger partial charge < -0.3 is 10.4 Å². The van der Waals surface area contributed by atoms with Gasteiger partial charge in [0.1, 0.15) is 0 Å². The van der Waals surface area contributed by atoms with E-state index in [0.717, 1.165) is 23.4 Å². The van der Waals surface area contributed by atoms with Crippen LogP contribution in [0.1, 0.15) is 22.6 Å². The molecule has 2 aromatic rings. The van der Waals surface area contributed by atoms with Gasteiger partial charge >= 0.3 is 5.97 Å². The Balaban J connectivity index is 2.02. The molecule has 0 amide bonds. The standard InChI is InChI=1S/C16H15NO2/c18-16(19)9-11-5-1-2-6-12(11)14-10-17-15-8-4-3-7-13(14)15/h1-8,14,17H,9-10H2,(H,18,19). The Morgan fingerprint density at radius 1 is 1.11 bits per heavy atom. The van der Waals surface area contributed by atoms with Crippen molar-refractivity contribution in [3.05, 3.63) is 65.2 Å². The Morgan fingerprint density at radius 3 is 2.58 bits per heavy atom. The Labute approximate surface area is 111 Å². The molecule has 0 radical (unpaired) electrons. The molecule has 2 aromatic carbocycles. The van der Waals surface area contributed by atoms with Crippen molar-refractivity contribution in [1.82, 2.24) is 0 Å². The minimum absolute atomic E-state index is 0.0782. The SMILES string of the molecule is O=C(O)Cc1ccccc1C1CNc2ccccc21. The number of anilines is 1. The normalized spacial score (nSPS) is 16.7. The van der Waals surface area contributed by atoms with E-state index >= 15 is 0 Å². The highest BCUT2D eigenvalue weighted by molar-refractivity contribution is 5.71. The number of hydrogen-bond donors (Lipinski definition) is 2. The number of carboxylic acids is 1. The number of benzene rings is 2. The lowest BCUT2D eigenvalue weighted by molar-refractivity contribution is -0.136. The maximum atomic E-state index is 11.0. The van der Waals surface area contributed by atoms with Crippen LogP contribution in [-0.4, -0.2) is 17.6 Å². The summed E-state index contributed by atoms with van der Waals surface area (Å²) in [5.41, 5.74) is 4.42. The molecular weight excluding hydrogens is 238 g/mol. The second kappa shape index (κ2) is 4.76. The van der Waals surface area contributed by atoms with Gasteiger partial charge in [-0.25, -0.2) is 0 Å². The van der Waals surface area contributed by atoms with Crippen LogP contribution in [0.2, 0.25) is 0 Å². The van der Waals surface area contributed by atoms with Crippen molar-refractivity contribution in [1.29, 1.82) is 0 Å². The Morgan fingerprint density at radius 2 is 1.79 bits per heavy atom. The van der Waals surface area contributed by atoms with Crippen molar-refractivity contribution in [2.45, 2.75) is 12.3 Å². The van der Waals surface area contributed by atoms with E-state index in [2.05, 4.69) is 17.4 Å². The fourth-order valence-electron chi connectivity index (χ4n) is 2.76. The van der Waals surface area contributed by atoms with Gasteiger partial charge in [-0.15, -0.1) is 0 Å². The van der Waals surface area contributed by atoms with E-state index in [9.17, 15) is 4.79 Å². The van der Waals surface area contributed by atoms with Crippen LogP contribution in [0.15, 0.2) is 48.5 Å². The van der Waals surface area contributed by atoms with Gasteiger partial charge in [0.25, 0.3) is 0 Å². The molecule has 1 unspecified atom stereocenters. The molecule has 3 nitrogen and oxygen atoms in total. The minimum Gasteiger partial charge on any atom is -0.481 e. The highest BCUT2D eigenvalue weighted by Gasteiger charge is 2.25. The lowest BCUT2D eigenvalue weighted by Gasteiger charge is -2.15. The van der Waals surface area contributed by atoms with Crippen LogP contribution in [0, 0.1) is 0 Å². The van der Waals surface area contributed by atoms with Crippen LogP contribution in [0.25, 0.3) is 0 Å². The maximum absolute atomic E-state index is 11.0. The number of rotatable bonds is 3. The molecule has 3 heteroatoms. The monoisotopic (exact) mass is 253 g/mol. The molecular formula is C16H15NO2. The lowest BCUT2D eigenvalue weighted by Crippen LogP contribution is -2.10. The topological polar surface area (TPSA) is 49.3 Å². The minimum atomic E-state index is -0.785. The number of carboxylic acid groups (broad SMARTS) is 1. The van der Waals surface area contributed by atoms with Gasteiger partial charge in [-0.1, -0.05) is 42.5 Å². The highest BCUT2D eigenvalue weighted by Crippen LogP contribution is 2.37. The molecule has 0 aliphatic carbocycles. The molecule has 0 spiro atoms. The van der Waals surface area contributed by atoms with Gasteiger partial charge in [-0.2, -0.15) is 0 Å². The van der Waals surface area contributed by atoms with Crippen LogP contribution in [0.4, 0.5) is 5.69 Å². The summed E-state index contributed by atoms with van der Waals surface area (Å²) in [5, 5.41) is 12.4. The number of para-hydroxylation sites is 1. The zero-order valence-electron chi connectivity index (χ0n) is 10.5. The molecule has 0 aromatic heterocycles. The summed E-state index contributed by atoms with van der Waals surface area (Å²) in [6.45, 7) is 0.829.